The second-order valence-electron chi connectivity index (χ2n) is 10.8. The van der Waals surface area contributed by atoms with Gasteiger partial charge in [-0.05, 0) is 60.6 Å². The molecule has 1 aliphatic carbocycles. The molecule has 0 spiro atoms. The molecule has 1 heterocycles. The monoisotopic (exact) mass is 475 g/mol. The Bertz CT molecular complexity index is 868. The van der Waals surface area contributed by atoms with Crippen LogP contribution in [0.5, 0.6) is 0 Å². The van der Waals surface area contributed by atoms with E-state index in [0.717, 1.165) is 24.3 Å². The molecular weight excluding hydrogens is 438 g/mol. The average molecular weight is 476 g/mol. The topological polar surface area (TPSA) is 78.5 Å². The van der Waals surface area contributed by atoms with Crippen LogP contribution in [0.2, 0.25) is 5.02 Å². The molecule has 3 rings (SSSR count). The number of piperidine rings is 1. The van der Waals surface area contributed by atoms with Crippen LogP contribution in [0.3, 0.4) is 0 Å². The molecular formula is C26H38ClN3O3. The van der Waals surface area contributed by atoms with Gasteiger partial charge in [0, 0.05) is 37.0 Å². The van der Waals surface area contributed by atoms with Gasteiger partial charge in [-0.15, -0.1) is 0 Å². The number of hydrogen-bond donors (Lipinski definition) is 2. The third kappa shape index (κ3) is 6.28. The van der Waals surface area contributed by atoms with Crippen molar-refractivity contribution < 1.29 is 14.4 Å². The first-order chi connectivity index (χ1) is 15.5. The highest BCUT2D eigenvalue weighted by molar-refractivity contribution is 6.30. The second kappa shape index (κ2) is 10.5. The van der Waals surface area contributed by atoms with Crippen LogP contribution < -0.4 is 10.6 Å². The van der Waals surface area contributed by atoms with Gasteiger partial charge in [-0.25, -0.2) is 0 Å². The molecule has 4 atom stereocenters. The third-order valence-corrected chi connectivity index (χ3v) is 7.51. The summed E-state index contributed by atoms with van der Waals surface area (Å²) in [6.07, 6.45) is 3.03. The lowest BCUT2D eigenvalue weighted by Gasteiger charge is -2.46. The number of carbonyl (C=O) groups is 3. The summed E-state index contributed by atoms with van der Waals surface area (Å²) in [6.45, 7) is 11.2. The van der Waals surface area contributed by atoms with Crippen LogP contribution in [-0.2, 0) is 14.4 Å². The molecule has 1 unspecified atom stereocenters. The number of nitrogens with one attached hydrogen (secondary N) is 2. The number of hydrogen-bond acceptors (Lipinski definition) is 3. The Kier molecular flexibility index (Phi) is 8.09. The van der Waals surface area contributed by atoms with Crippen molar-refractivity contribution >= 4 is 29.3 Å². The fourth-order valence-electron chi connectivity index (χ4n) is 5.48. The van der Waals surface area contributed by atoms with E-state index in [0.29, 0.717) is 25.4 Å². The minimum atomic E-state index is -0.541. The molecule has 2 aliphatic rings. The maximum atomic E-state index is 13.5. The van der Waals surface area contributed by atoms with E-state index in [1.807, 2.05) is 30.9 Å². The Morgan fingerprint density at radius 1 is 1.09 bits per heavy atom. The molecule has 6 nitrogen and oxygen atoms in total. The first-order valence-corrected chi connectivity index (χ1v) is 12.5. The summed E-state index contributed by atoms with van der Waals surface area (Å²) in [5.41, 5.74) is 1.16. The van der Waals surface area contributed by atoms with Crippen molar-refractivity contribution in [3.63, 3.8) is 0 Å². The average Bonchev–Trinajstić information content (AvgIpc) is 3.19. The fourth-order valence-corrected chi connectivity index (χ4v) is 5.60. The van der Waals surface area contributed by atoms with Gasteiger partial charge in [0.25, 0.3) is 0 Å². The molecule has 2 fully saturated rings. The van der Waals surface area contributed by atoms with Gasteiger partial charge in [0.05, 0.1) is 0 Å². The van der Waals surface area contributed by atoms with Crippen LogP contribution in [-0.4, -0.2) is 47.8 Å². The van der Waals surface area contributed by atoms with E-state index in [-0.39, 0.29) is 41.0 Å². The fraction of sp³-hybridized carbons (Fsp3) is 0.654. The van der Waals surface area contributed by atoms with Gasteiger partial charge >= 0.3 is 0 Å². The predicted octanol–water partition coefficient (Wildman–Crippen LogP) is 4.13. The van der Waals surface area contributed by atoms with E-state index in [1.165, 1.54) is 12.5 Å². The Labute approximate surface area is 202 Å². The molecule has 0 bridgehead atoms. The first-order valence-electron chi connectivity index (χ1n) is 12.1. The molecule has 1 aliphatic heterocycles. The largest absolute Gasteiger partial charge is 0.354 e. The first kappa shape index (κ1) is 25.5. The van der Waals surface area contributed by atoms with E-state index < -0.39 is 6.04 Å². The zero-order chi connectivity index (χ0) is 24.3. The lowest BCUT2D eigenvalue weighted by atomic mass is 9.70. The molecule has 33 heavy (non-hydrogen) atoms. The predicted molar refractivity (Wildman–Crippen MR) is 131 cm³/mol. The molecule has 7 heteroatoms. The van der Waals surface area contributed by atoms with Crippen molar-refractivity contribution in [2.45, 2.75) is 78.3 Å². The van der Waals surface area contributed by atoms with Crippen molar-refractivity contribution in [2.75, 3.05) is 13.1 Å². The summed E-state index contributed by atoms with van der Waals surface area (Å²) in [4.78, 5) is 39.7. The Morgan fingerprint density at radius 3 is 2.33 bits per heavy atom. The zero-order valence-electron chi connectivity index (χ0n) is 20.5. The van der Waals surface area contributed by atoms with Gasteiger partial charge in [0.15, 0.2) is 0 Å². The Balaban J connectivity index is 1.63. The van der Waals surface area contributed by atoms with E-state index in [9.17, 15) is 14.4 Å². The number of amides is 3. The van der Waals surface area contributed by atoms with Crippen molar-refractivity contribution in [2.24, 2.45) is 17.3 Å². The minimum Gasteiger partial charge on any atom is -0.354 e. The number of benzene rings is 1. The minimum absolute atomic E-state index is 0.00242. The van der Waals surface area contributed by atoms with Crippen molar-refractivity contribution in [1.29, 1.82) is 0 Å². The Hall–Kier alpha value is -2.08. The smallest absolute Gasteiger partial charge is 0.245 e. The van der Waals surface area contributed by atoms with E-state index in [4.69, 9.17) is 11.6 Å². The van der Waals surface area contributed by atoms with Crippen molar-refractivity contribution in [1.82, 2.24) is 15.5 Å². The van der Waals surface area contributed by atoms with Gasteiger partial charge in [0.2, 0.25) is 17.7 Å². The Morgan fingerprint density at radius 2 is 1.76 bits per heavy atom. The molecule has 3 amide bonds. The molecule has 1 aromatic rings. The highest BCUT2D eigenvalue weighted by Crippen LogP contribution is 2.42. The van der Waals surface area contributed by atoms with Crippen LogP contribution in [0, 0.1) is 17.3 Å². The molecule has 0 radical (unpaired) electrons. The van der Waals surface area contributed by atoms with Gasteiger partial charge in [-0.2, -0.15) is 0 Å². The van der Waals surface area contributed by atoms with Crippen LogP contribution >= 0.6 is 11.6 Å². The second-order valence-corrected chi connectivity index (χ2v) is 11.2. The number of likely N-dealkylation sites (tertiary alicyclic amines) is 1. The molecule has 1 aromatic carbocycles. The molecule has 2 N–H and O–H groups in total. The summed E-state index contributed by atoms with van der Waals surface area (Å²) in [6, 6.07) is 7.51. The summed E-state index contributed by atoms with van der Waals surface area (Å²) in [5, 5.41) is 6.68. The highest BCUT2D eigenvalue weighted by atomic mass is 35.5. The van der Waals surface area contributed by atoms with E-state index in [1.54, 1.807) is 0 Å². The molecule has 1 saturated carbocycles. The summed E-state index contributed by atoms with van der Waals surface area (Å²) in [5.74, 6) is 0.0210. The molecule has 1 saturated heterocycles. The van der Waals surface area contributed by atoms with Crippen LogP contribution in [0.1, 0.15) is 71.8 Å². The van der Waals surface area contributed by atoms with E-state index in [2.05, 4.69) is 36.6 Å². The van der Waals surface area contributed by atoms with Gasteiger partial charge in [0.1, 0.15) is 6.04 Å². The number of halogens is 1. The maximum Gasteiger partial charge on any atom is 0.245 e. The van der Waals surface area contributed by atoms with Gasteiger partial charge in [-0.3, -0.25) is 14.4 Å². The lowest BCUT2D eigenvalue weighted by molar-refractivity contribution is -0.141. The molecule has 0 aromatic heterocycles. The summed E-state index contributed by atoms with van der Waals surface area (Å²) >= 11 is 6.06. The summed E-state index contributed by atoms with van der Waals surface area (Å²) in [7, 11) is 0. The standard InChI is InChI=1S/C26H38ClN3O3/c1-16(2)23(29-24(32)19-8-11-21(14-19)28-17(3)31)25(33)30-13-12-22(26(4,5)15-30)18-6-9-20(27)10-7-18/h6-7,9-10,16,19,21-23H,8,11-15H2,1-5H3,(H,28,31)(H,29,32)/t19-,21-,22?,23+/m0/s1. The normalized spacial score (nSPS) is 25.5. The van der Waals surface area contributed by atoms with Crippen molar-refractivity contribution in [3.05, 3.63) is 34.9 Å². The maximum absolute atomic E-state index is 13.5. The van der Waals surface area contributed by atoms with Crippen molar-refractivity contribution in [3.8, 4) is 0 Å². The highest BCUT2D eigenvalue weighted by Gasteiger charge is 2.41. The van der Waals surface area contributed by atoms with Crippen LogP contribution in [0.15, 0.2) is 24.3 Å². The number of nitrogens with zero attached hydrogens (tertiary/aromatic N) is 1. The van der Waals surface area contributed by atoms with Gasteiger partial charge in [-0.1, -0.05) is 51.4 Å². The third-order valence-electron chi connectivity index (χ3n) is 7.25. The number of rotatable bonds is 6. The summed E-state index contributed by atoms with van der Waals surface area (Å²) < 4.78 is 0. The van der Waals surface area contributed by atoms with Crippen LogP contribution in [0.25, 0.3) is 0 Å². The van der Waals surface area contributed by atoms with Gasteiger partial charge < -0.3 is 15.5 Å². The molecule has 182 valence electrons. The number of carbonyl (C=O) groups excluding carboxylic acids is 3. The van der Waals surface area contributed by atoms with E-state index >= 15 is 0 Å². The lowest BCUT2D eigenvalue weighted by Crippen LogP contribution is -2.56. The van der Waals surface area contributed by atoms with Crippen LogP contribution in [0.4, 0.5) is 0 Å². The zero-order valence-corrected chi connectivity index (χ0v) is 21.2. The SMILES string of the molecule is CC(=O)N[C@H]1CC[C@H](C(=O)N[C@@H](C(=O)N2CCC(c3ccc(Cl)cc3)C(C)(C)C2)C(C)C)C1. The quantitative estimate of drug-likeness (QED) is 0.649.